The largest absolute Gasteiger partial charge is 0.492 e. The summed E-state index contributed by atoms with van der Waals surface area (Å²) in [7, 11) is 0. The van der Waals surface area contributed by atoms with E-state index >= 15 is 0 Å². The molecule has 1 aromatic rings. The van der Waals surface area contributed by atoms with Crippen LogP contribution in [0.25, 0.3) is 0 Å². The van der Waals surface area contributed by atoms with Crippen molar-refractivity contribution < 1.29 is 12.9 Å². The Morgan fingerprint density at radius 1 is 1.43 bits per heavy atom. The molecule has 0 N–H and O–H groups in total. The zero-order valence-corrected chi connectivity index (χ0v) is 8.37. The lowest BCUT2D eigenvalue weighted by molar-refractivity contribution is 0.262. The van der Waals surface area contributed by atoms with Crippen LogP contribution in [0, 0.1) is 0 Å². The second-order valence-corrected chi connectivity index (χ2v) is 4.57. The first-order valence-electron chi connectivity index (χ1n) is 4.53. The summed E-state index contributed by atoms with van der Waals surface area (Å²) < 4.78 is 36.5. The van der Waals surface area contributed by atoms with Gasteiger partial charge in [0.05, 0.1) is 0 Å². The maximum atomic E-state index is 12.2. The Labute approximate surface area is 84.6 Å². The summed E-state index contributed by atoms with van der Waals surface area (Å²) in [6, 6.07) is 1.93. The van der Waals surface area contributed by atoms with Gasteiger partial charge in [-0.2, -0.15) is 0 Å². The fourth-order valence-corrected chi connectivity index (χ4v) is 2.65. The van der Waals surface area contributed by atoms with Crippen LogP contribution in [0.1, 0.15) is 10.4 Å². The van der Waals surface area contributed by atoms with Crippen molar-refractivity contribution in [3.8, 4) is 0 Å². The number of halogens is 3. The molecule has 0 atom stereocenters. The van der Waals surface area contributed by atoms with Gasteiger partial charge in [0.15, 0.2) is 0 Å². The standard InChI is InChI=1S/C8H10BF3NS/c10-9(11,12)6-13-3-1-8-7(5-13)2-4-14-8/h2,4H,1,3,5-6H2/q-1. The van der Waals surface area contributed by atoms with Gasteiger partial charge in [-0.25, -0.2) is 0 Å². The molecule has 0 aromatic carbocycles. The van der Waals surface area contributed by atoms with Crippen molar-refractivity contribution >= 4 is 18.3 Å². The van der Waals surface area contributed by atoms with Gasteiger partial charge in [0.25, 0.3) is 0 Å². The van der Waals surface area contributed by atoms with Crippen molar-refractivity contribution in [2.24, 2.45) is 0 Å². The third-order valence-corrected chi connectivity index (χ3v) is 3.37. The van der Waals surface area contributed by atoms with Gasteiger partial charge < -0.3 is 17.8 Å². The Bertz CT molecular complexity index is 323. The number of hydrogen-bond acceptors (Lipinski definition) is 2. The summed E-state index contributed by atoms with van der Waals surface area (Å²) in [5.41, 5.74) is 1.07. The molecule has 0 fully saturated rings. The molecule has 14 heavy (non-hydrogen) atoms. The first-order valence-corrected chi connectivity index (χ1v) is 5.41. The Balaban J connectivity index is 2.01. The minimum atomic E-state index is -4.68. The molecule has 2 rings (SSSR count). The molecule has 2 heterocycles. The molecule has 1 aliphatic rings. The van der Waals surface area contributed by atoms with E-state index in [9.17, 15) is 12.9 Å². The van der Waals surface area contributed by atoms with E-state index in [0.29, 0.717) is 13.1 Å². The highest BCUT2D eigenvalue weighted by atomic mass is 32.1. The number of rotatable bonds is 2. The molecule has 0 aliphatic carbocycles. The lowest BCUT2D eigenvalue weighted by atomic mass is 9.90. The van der Waals surface area contributed by atoms with Crippen LogP contribution in [0.5, 0.6) is 0 Å². The van der Waals surface area contributed by atoms with Gasteiger partial charge in [0.2, 0.25) is 0 Å². The van der Waals surface area contributed by atoms with Crippen molar-refractivity contribution in [3.05, 3.63) is 21.9 Å². The van der Waals surface area contributed by atoms with Crippen LogP contribution < -0.4 is 0 Å². The summed E-state index contributed by atoms with van der Waals surface area (Å²) in [6.07, 6.45) is 0.0362. The van der Waals surface area contributed by atoms with E-state index in [1.165, 1.54) is 9.78 Å². The van der Waals surface area contributed by atoms with Crippen molar-refractivity contribution in [1.29, 1.82) is 0 Å². The molecule has 1 aliphatic heterocycles. The molecule has 6 heteroatoms. The minimum absolute atomic E-state index is 0.458. The van der Waals surface area contributed by atoms with Crippen molar-refractivity contribution in [3.63, 3.8) is 0 Å². The van der Waals surface area contributed by atoms with Gasteiger partial charge in [0, 0.05) is 18.0 Å². The first kappa shape index (κ1) is 10.0. The number of hydrogen-bond donors (Lipinski definition) is 0. The zero-order chi connectivity index (χ0) is 10.2. The van der Waals surface area contributed by atoms with Gasteiger partial charge in [0.1, 0.15) is 0 Å². The van der Waals surface area contributed by atoms with Crippen LogP contribution in [0.4, 0.5) is 12.9 Å². The molecule has 0 spiro atoms. The van der Waals surface area contributed by atoms with E-state index in [1.54, 1.807) is 11.3 Å². The molecule has 1 aromatic heterocycles. The summed E-state index contributed by atoms with van der Waals surface area (Å²) in [4.78, 5) is 2.73. The van der Waals surface area contributed by atoms with Crippen LogP contribution in [0.2, 0.25) is 0 Å². The van der Waals surface area contributed by atoms with E-state index in [2.05, 4.69) is 0 Å². The highest BCUT2D eigenvalue weighted by Gasteiger charge is 2.28. The van der Waals surface area contributed by atoms with Gasteiger partial charge >= 0.3 is 6.98 Å². The van der Waals surface area contributed by atoms with E-state index in [1.807, 2.05) is 11.4 Å². The third-order valence-electron chi connectivity index (χ3n) is 2.35. The Hall–Kier alpha value is -0.485. The maximum Gasteiger partial charge on any atom is 0.492 e. The van der Waals surface area contributed by atoms with Crippen LogP contribution in [-0.2, 0) is 13.0 Å². The zero-order valence-electron chi connectivity index (χ0n) is 7.55. The molecule has 1 nitrogen and oxygen atoms in total. The Kier molecular flexibility index (Phi) is 2.57. The topological polar surface area (TPSA) is 3.24 Å². The summed E-state index contributed by atoms with van der Waals surface area (Å²) in [6.45, 7) is -3.68. The van der Waals surface area contributed by atoms with Crippen LogP contribution in [0.15, 0.2) is 11.4 Å². The molecule has 78 valence electrons. The highest BCUT2D eigenvalue weighted by molar-refractivity contribution is 7.10. The second kappa shape index (κ2) is 3.58. The molecule has 0 saturated heterocycles. The third kappa shape index (κ3) is 2.30. The average molecular weight is 220 g/mol. The fourth-order valence-electron chi connectivity index (χ4n) is 1.76. The van der Waals surface area contributed by atoms with Gasteiger partial charge in [-0.05, 0) is 29.9 Å². The lowest BCUT2D eigenvalue weighted by Gasteiger charge is -2.30. The fraction of sp³-hybridized carbons (Fsp3) is 0.500. The normalized spacial score (nSPS) is 18.2. The molecular weight excluding hydrogens is 210 g/mol. The van der Waals surface area contributed by atoms with Gasteiger partial charge in [-0.1, -0.05) is 0 Å². The Morgan fingerprint density at radius 3 is 2.93 bits per heavy atom. The molecule has 0 saturated carbocycles. The second-order valence-electron chi connectivity index (χ2n) is 3.56. The predicted molar refractivity (Wildman–Crippen MR) is 52.4 cm³/mol. The number of thiophene rings is 1. The monoisotopic (exact) mass is 220 g/mol. The van der Waals surface area contributed by atoms with Crippen molar-refractivity contribution in [2.75, 3.05) is 13.0 Å². The van der Waals surface area contributed by atoms with E-state index in [4.69, 9.17) is 0 Å². The maximum absolute atomic E-state index is 12.2. The SMILES string of the molecule is F[B-](F)(F)CN1CCc2sccc2C1. The lowest BCUT2D eigenvalue weighted by Crippen LogP contribution is -2.40. The molecule has 0 amide bonds. The van der Waals surface area contributed by atoms with E-state index in [-0.39, 0.29) is 0 Å². The molecule has 0 unspecified atom stereocenters. The van der Waals surface area contributed by atoms with Crippen LogP contribution >= 0.6 is 11.3 Å². The number of fused-ring (bicyclic) bond motifs is 1. The molecule has 0 radical (unpaired) electrons. The average Bonchev–Trinajstić information content (AvgIpc) is 2.47. The summed E-state index contributed by atoms with van der Waals surface area (Å²) in [5, 5.41) is 1.95. The van der Waals surface area contributed by atoms with Crippen molar-refractivity contribution in [1.82, 2.24) is 4.90 Å². The number of nitrogens with zero attached hydrogens (tertiary/aromatic N) is 1. The van der Waals surface area contributed by atoms with E-state index in [0.717, 1.165) is 12.0 Å². The van der Waals surface area contributed by atoms with Crippen LogP contribution in [-0.4, -0.2) is 24.9 Å². The summed E-state index contributed by atoms with van der Waals surface area (Å²) >= 11 is 1.64. The quantitative estimate of drug-likeness (QED) is 0.692. The predicted octanol–water partition coefficient (Wildman–Crippen LogP) is 2.49. The van der Waals surface area contributed by atoms with Gasteiger partial charge in [-0.3, -0.25) is 0 Å². The van der Waals surface area contributed by atoms with E-state index < -0.39 is 13.4 Å². The highest BCUT2D eigenvalue weighted by Crippen LogP contribution is 2.25. The summed E-state index contributed by atoms with van der Waals surface area (Å²) in [5.74, 6) is 0. The first-order chi connectivity index (χ1) is 6.54. The van der Waals surface area contributed by atoms with Gasteiger partial charge in [-0.15, -0.1) is 11.3 Å². The molecule has 0 bridgehead atoms. The Morgan fingerprint density at radius 2 is 2.21 bits per heavy atom. The van der Waals surface area contributed by atoms with Crippen LogP contribution in [0.3, 0.4) is 0 Å². The van der Waals surface area contributed by atoms with Crippen molar-refractivity contribution in [2.45, 2.75) is 13.0 Å². The minimum Gasteiger partial charge on any atom is -0.448 e. The smallest absolute Gasteiger partial charge is 0.448 e. The molecular formula is C8H10BF3NS-.